The van der Waals surface area contributed by atoms with E-state index in [-0.39, 0.29) is 30.8 Å². The van der Waals surface area contributed by atoms with Crippen molar-refractivity contribution in [3.05, 3.63) is 47.8 Å². The van der Waals surface area contributed by atoms with E-state index in [4.69, 9.17) is 14.2 Å². The number of aliphatic hydroxyl groups excluding tert-OH is 2. The van der Waals surface area contributed by atoms with Crippen LogP contribution in [0.25, 0.3) is 0 Å². The quantitative estimate of drug-likeness (QED) is 0.306. The largest absolute Gasteiger partial charge is 0.479 e. The van der Waals surface area contributed by atoms with E-state index in [1.807, 2.05) is 39.0 Å². The van der Waals surface area contributed by atoms with Gasteiger partial charge in [-0.1, -0.05) is 32.1 Å². The molecule has 2 heterocycles. The first-order valence-electron chi connectivity index (χ1n) is 12.1. The second kappa shape index (κ2) is 9.89. The fourth-order valence-corrected chi connectivity index (χ4v) is 6.29. The summed E-state index contributed by atoms with van der Waals surface area (Å²) in [5.74, 6) is -3.16. The lowest BCUT2D eigenvalue weighted by Crippen LogP contribution is -2.57. The van der Waals surface area contributed by atoms with Crippen LogP contribution in [0, 0.1) is 29.6 Å². The molecule has 192 valence electrons. The van der Waals surface area contributed by atoms with E-state index in [1.54, 1.807) is 18.3 Å². The van der Waals surface area contributed by atoms with Crippen LogP contribution < -0.4 is 0 Å². The summed E-state index contributed by atoms with van der Waals surface area (Å²) in [7, 11) is 1.36. The van der Waals surface area contributed by atoms with Crippen LogP contribution in [0.2, 0.25) is 0 Å². The highest BCUT2D eigenvalue weighted by atomic mass is 16.6. The van der Waals surface area contributed by atoms with Crippen molar-refractivity contribution >= 4 is 11.9 Å². The fourth-order valence-electron chi connectivity index (χ4n) is 6.29. The minimum atomic E-state index is -1.07. The number of carboxylic acids is 1. The van der Waals surface area contributed by atoms with Crippen molar-refractivity contribution in [1.29, 1.82) is 0 Å². The summed E-state index contributed by atoms with van der Waals surface area (Å²) in [5.41, 5.74) is 0.102. The first kappa shape index (κ1) is 25.6. The van der Waals surface area contributed by atoms with Crippen LogP contribution in [0.3, 0.4) is 0 Å². The number of rotatable bonds is 9. The van der Waals surface area contributed by atoms with Gasteiger partial charge in [0.05, 0.1) is 6.10 Å². The Bertz CT molecular complexity index is 987. The number of carbonyl (C=O) groups is 2. The number of carbonyl (C=O) groups excluding carboxylic acids is 1. The number of esters is 1. The molecule has 9 heteroatoms. The molecule has 1 saturated carbocycles. The molecule has 2 aliphatic carbocycles. The molecule has 3 aliphatic rings. The molecule has 4 rings (SSSR count). The van der Waals surface area contributed by atoms with Crippen molar-refractivity contribution in [3.8, 4) is 0 Å². The third kappa shape index (κ3) is 4.24. The zero-order valence-electron chi connectivity index (χ0n) is 20.5. The molecular formula is C26H35NO8. The van der Waals surface area contributed by atoms with Gasteiger partial charge in [0.15, 0.2) is 6.10 Å². The molecule has 1 aliphatic heterocycles. The zero-order valence-corrected chi connectivity index (χ0v) is 20.5. The van der Waals surface area contributed by atoms with E-state index in [0.717, 1.165) is 5.57 Å². The summed E-state index contributed by atoms with van der Waals surface area (Å²) >= 11 is 0. The lowest BCUT2D eigenvalue weighted by Gasteiger charge is -2.48. The van der Waals surface area contributed by atoms with Gasteiger partial charge in [0.25, 0.3) is 0 Å². The van der Waals surface area contributed by atoms with Crippen molar-refractivity contribution in [2.24, 2.45) is 29.6 Å². The molecule has 2 unspecified atom stereocenters. The first-order valence-corrected chi connectivity index (χ1v) is 12.1. The molecule has 0 aromatic carbocycles. The van der Waals surface area contributed by atoms with Gasteiger partial charge >= 0.3 is 11.9 Å². The summed E-state index contributed by atoms with van der Waals surface area (Å²) in [6.45, 7) is 5.56. The van der Waals surface area contributed by atoms with E-state index in [2.05, 4.69) is 4.98 Å². The molecule has 9 nitrogen and oxygen atoms in total. The topological polar surface area (TPSA) is 138 Å². The normalized spacial score (nSPS) is 37.7. The number of H-pyrrole nitrogens is 1. The number of carboxylic acid groups (broad SMARTS) is 1. The van der Waals surface area contributed by atoms with Crippen LogP contribution in [0.5, 0.6) is 0 Å². The molecule has 35 heavy (non-hydrogen) atoms. The summed E-state index contributed by atoms with van der Waals surface area (Å²) in [4.78, 5) is 27.4. The predicted octanol–water partition coefficient (Wildman–Crippen LogP) is 2.17. The Kier molecular flexibility index (Phi) is 7.24. The molecule has 0 amide bonds. The van der Waals surface area contributed by atoms with Crippen LogP contribution in [0.4, 0.5) is 0 Å². The highest BCUT2D eigenvalue weighted by Gasteiger charge is 2.68. The van der Waals surface area contributed by atoms with Gasteiger partial charge < -0.3 is 34.5 Å². The Hall–Kier alpha value is -2.46. The number of nitrogens with one attached hydrogen (secondary N) is 1. The molecule has 1 saturated heterocycles. The second-order valence-electron chi connectivity index (χ2n) is 10.1. The van der Waals surface area contributed by atoms with Crippen molar-refractivity contribution < 1.29 is 39.1 Å². The van der Waals surface area contributed by atoms with Gasteiger partial charge in [0, 0.05) is 43.6 Å². The van der Waals surface area contributed by atoms with Crippen molar-refractivity contribution in [3.63, 3.8) is 0 Å². The molecule has 0 spiro atoms. The van der Waals surface area contributed by atoms with Gasteiger partial charge in [0.2, 0.25) is 0 Å². The van der Waals surface area contributed by atoms with Gasteiger partial charge in [-0.15, -0.1) is 0 Å². The Morgan fingerprint density at radius 2 is 2.09 bits per heavy atom. The van der Waals surface area contributed by atoms with Crippen LogP contribution in [-0.4, -0.2) is 76.0 Å². The Morgan fingerprint density at radius 3 is 2.69 bits per heavy atom. The van der Waals surface area contributed by atoms with Crippen LogP contribution >= 0.6 is 0 Å². The van der Waals surface area contributed by atoms with Crippen LogP contribution in [-0.2, 0) is 19.0 Å². The number of aromatic nitrogens is 1. The minimum Gasteiger partial charge on any atom is -0.479 e. The number of aromatic amines is 1. The average molecular weight is 490 g/mol. The van der Waals surface area contributed by atoms with Gasteiger partial charge in [-0.3, -0.25) is 0 Å². The molecule has 4 N–H and O–H groups in total. The fraction of sp³-hybridized carbons (Fsp3) is 0.615. The van der Waals surface area contributed by atoms with E-state index < -0.39 is 53.8 Å². The first-order chi connectivity index (χ1) is 16.6. The molecule has 1 aromatic heterocycles. The van der Waals surface area contributed by atoms with Crippen LogP contribution in [0.1, 0.15) is 37.7 Å². The molecule has 1 aromatic rings. The zero-order chi connectivity index (χ0) is 25.5. The van der Waals surface area contributed by atoms with E-state index in [0.29, 0.717) is 5.69 Å². The molecule has 2 fully saturated rings. The minimum absolute atomic E-state index is 0.0589. The second-order valence-corrected chi connectivity index (χ2v) is 10.1. The number of hydrogen-bond acceptors (Lipinski definition) is 7. The summed E-state index contributed by atoms with van der Waals surface area (Å²) in [6, 6.07) is 3.33. The SMILES string of the molecule is COC(C[C@H]1C=C[C@H]2[C@H]3O[C@]1(/C(C)=C/C(C)CO)[C@@H]2[C@H](O)[C@@H](C)[C@H]3OC(=O)c1ccc[nH]1)C(=O)O. The van der Waals surface area contributed by atoms with E-state index in [1.165, 1.54) is 7.11 Å². The molecule has 10 atom stereocenters. The number of methoxy groups -OCH3 is 1. The van der Waals surface area contributed by atoms with E-state index >= 15 is 0 Å². The number of aliphatic hydroxyl groups is 2. The molecular weight excluding hydrogens is 454 g/mol. The lowest BCUT2D eigenvalue weighted by molar-refractivity contribution is -0.151. The third-order valence-corrected chi connectivity index (χ3v) is 8.01. The standard InChI is InChI=1S/C26H35NO8/c1-13(12-28)10-14(2)26-16(11-19(33-4)24(30)31)7-8-17-20(26)21(29)15(3)22(23(17)35-26)34-25(32)18-6-5-9-27-18/h5-10,13,15-17,19-23,27-29H,11-12H2,1-4H3,(H,30,31)/b14-10+/t13?,15-,16-,17-,19?,20+,21-,22-,23-,26+/m1/s1. The van der Waals surface area contributed by atoms with E-state index in [9.17, 15) is 24.9 Å². The maximum atomic E-state index is 12.8. The smallest absolute Gasteiger partial charge is 0.355 e. The predicted molar refractivity (Wildman–Crippen MR) is 125 cm³/mol. The van der Waals surface area contributed by atoms with Crippen molar-refractivity contribution in [2.75, 3.05) is 13.7 Å². The maximum Gasteiger partial charge on any atom is 0.355 e. The average Bonchev–Trinajstić information content (AvgIpc) is 3.43. The van der Waals surface area contributed by atoms with Gasteiger partial charge in [-0.05, 0) is 37.0 Å². The maximum absolute atomic E-state index is 12.8. The van der Waals surface area contributed by atoms with Crippen molar-refractivity contribution in [2.45, 2.75) is 57.2 Å². The van der Waals surface area contributed by atoms with Gasteiger partial charge in [-0.2, -0.15) is 0 Å². The third-order valence-electron chi connectivity index (χ3n) is 8.01. The number of ether oxygens (including phenoxy) is 3. The monoisotopic (exact) mass is 489 g/mol. The lowest BCUT2D eigenvalue weighted by atomic mass is 9.57. The van der Waals surface area contributed by atoms with Gasteiger partial charge in [0.1, 0.15) is 23.5 Å². The molecule has 4 bridgehead atoms. The van der Waals surface area contributed by atoms with Crippen molar-refractivity contribution in [1.82, 2.24) is 4.98 Å². The summed E-state index contributed by atoms with van der Waals surface area (Å²) in [5, 5.41) is 30.9. The highest BCUT2D eigenvalue weighted by molar-refractivity contribution is 5.87. The van der Waals surface area contributed by atoms with Crippen LogP contribution in [0.15, 0.2) is 42.1 Å². The summed E-state index contributed by atoms with van der Waals surface area (Å²) in [6.07, 6.45) is 4.47. The van der Waals surface area contributed by atoms with Gasteiger partial charge in [-0.25, -0.2) is 9.59 Å². The number of aliphatic carboxylic acids is 1. The number of hydrogen-bond donors (Lipinski definition) is 4. The summed E-state index contributed by atoms with van der Waals surface area (Å²) < 4.78 is 17.9. The Morgan fingerprint density at radius 1 is 1.34 bits per heavy atom. The molecule has 0 radical (unpaired) electrons. The highest BCUT2D eigenvalue weighted by Crippen LogP contribution is 2.61. The Labute approximate surface area is 204 Å². The Balaban J connectivity index is 1.75.